The van der Waals surface area contributed by atoms with Crippen molar-refractivity contribution in [2.75, 3.05) is 54.8 Å². The third-order valence-electron chi connectivity index (χ3n) is 6.31. The highest BCUT2D eigenvalue weighted by atomic mass is 19.1. The van der Waals surface area contributed by atoms with Crippen LogP contribution in [0.3, 0.4) is 0 Å². The molecular formula is C26H36FN5O2. The Kier molecular flexibility index (Phi) is 9.27. The van der Waals surface area contributed by atoms with Crippen LogP contribution in [0.1, 0.15) is 44.0 Å². The summed E-state index contributed by atoms with van der Waals surface area (Å²) in [5, 5.41) is 8.41. The lowest BCUT2D eigenvalue weighted by molar-refractivity contribution is 0.0949. The van der Waals surface area contributed by atoms with E-state index in [9.17, 15) is 14.0 Å². The minimum absolute atomic E-state index is 0.157. The van der Waals surface area contributed by atoms with Gasteiger partial charge < -0.3 is 25.8 Å². The van der Waals surface area contributed by atoms with Crippen LogP contribution in [-0.2, 0) is 0 Å². The molecule has 3 amide bonds. The number of halogens is 1. The van der Waals surface area contributed by atoms with Crippen molar-refractivity contribution in [3.05, 3.63) is 53.8 Å². The Labute approximate surface area is 201 Å². The molecule has 3 rings (SSSR count). The molecule has 7 nitrogen and oxygen atoms in total. The van der Waals surface area contributed by atoms with Crippen molar-refractivity contribution in [3.63, 3.8) is 0 Å². The molecule has 3 N–H and O–H groups in total. The van der Waals surface area contributed by atoms with Gasteiger partial charge >= 0.3 is 6.03 Å². The van der Waals surface area contributed by atoms with Crippen molar-refractivity contribution in [2.45, 2.75) is 33.6 Å². The average Bonchev–Trinajstić information content (AvgIpc) is 2.82. The van der Waals surface area contributed by atoms with Gasteiger partial charge in [0.05, 0.1) is 5.56 Å². The number of rotatable bonds is 9. The van der Waals surface area contributed by atoms with Crippen molar-refractivity contribution in [3.8, 4) is 0 Å². The van der Waals surface area contributed by atoms with E-state index in [4.69, 9.17) is 0 Å². The first-order chi connectivity index (χ1) is 16.4. The Morgan fingerprint density at radius 3 is 2.35 bits per heavy atom. The molecule has 2 aromatic carbocycles. The monoisotopic (exact) mass is 469 g/mol. The van der Waals surface area contributed by atoms with Gasteiger partial charge in [-0.15, -0.1) is 0 Å². The molecule has 184 valence electrons. The van der Waals surface area contributed by atoms with Gasteiger partial charge in [-0.1, -0.05) is 26.8 Å². The molecule has 0 saturated carbocycles. The summed E-state index contributed by atoms with van der Waals surface area (Å²) in [4.78, 5) is 30.1. The van der Waals surface area contributed by atoms with Crippen molar-refractivity contribution >= 4 is 29.0 Å². The minimum Gasteiger partial charge on any atom is -0.371 e. The summed E-state index contributed by atoms with van der Waals surface area (Å²) >= 11 is 0. The van der Waals surface area contributed by atoms with E-state index >= 15 is 0 Å². The Morgan fingerprint density at radius 2 is 1.71 bits per heavy atom. The minimum atomic E-state index is -0.502. The third kappa shape index (κ3) is 7.18. The number of benzene rings is 2. The maximum atomic E-state index is 13.4. The molecule has 8 heteroatoms. The van der Waals surface area contributed by atoms with Crippen molar-refractivity contribution < 1.29 is 14.0 Å². The lowest BCUT2D eigenvalue weighted by Crippen LogP contribution is -2.37. The molecule has 0 radical (unpaired) electrons. The number of amides is 3. The standard InChI is InChI=1S/C26H36FN5O2/c1-4-31(5-2)16-13-28-25(33)23-18-22(9-10-24(23)32-14-11-19(3)12-15-32)30-26(34)29-21-8-6-7-20(27)17-21/h6-10,17-19H,4-5,11-16H2,1-3H3,(H,28,33)(H2,29,30,34). The van der Waals surface area contributed by atoms with Crippen molar-refractivity contribution in [1.82, 2.24) is 10.2 Å². The van der Waals surface area contributed by atoms with E-state index in [-0.39, 0.29) is 5.91 Å². The van der Waals surface area contributed by atoms with Crippen molar-refractivity contribution in [2.24, 2.45) is 5.92 Å². The topological polar surface area (TPSA) is 76.7 Å². The van der Waals surface area contributed by atoms with Crippen LogP contribution >= 0.6 is 0 Å². The average molecular weight is 470 g/mol. The molecule has 1 aliphatic rings. The first kappa shape index (κ1) is 25.5. The molecule has 34 heavy (non-hydrogen) atoms. The predicted molar refractivity (Wildman–Crippen MR) is 136 cm³/mol. The van der Waals surface area contributed by atoms with Gasteiger partial charge in [-0.25, -0.2) is 9.18 Å². The largest absolute Gasteiger partial charge is 0.371 e. The number of hydrogen-bond donors (Lipinski definition) is 3. The summed E-state index contributed by atoms with van der Waals surface area (Å²) in [6, 6.07) is 10.6. The highest BCUT2D eigenvalue weighted by Crippen LogP contribution is 2.29. The van der Waals surface area contributed by atoms with E-state index in [1.807, 2.05) is 6.07 Å². The first-order valence-corrected chi connectivity index (χ1v) is 12.1. The number of carbonyl (C=O) groups excluding carboxylic acids is 2. The van der Waals surface area contributed by atoms with Gasteiger partial charge in [-0.3, -0.25) is 4.79 Å². The molecule has 1 aliphatic heterocycles. The van der Waals surface area contributed by atoms with E-state index in [1.165, 1.54) is 18.2 Å². The van der Waals surface area contributed by atoms with E-state index < -0.39 is 11.8 Å². The van der Waals surface area contributed by atoms with Crippen LogP contribution < -0.4 is 20.9 Å². The fourth-order valence-corrected chi connectivity index (χ4v) is 4.14. The van der Waals surface area contributed by atoms with Crippen LogP contribution in [0.2, 0.25) is 0 Å². The van der Waals surface area contributed by atoms with E-state index in [0.29, 0.717) is 29.4 Å². The van der Waals surface area contributed by atoms with Gasteiger partial charge in [-0.2, -0.15) is 0 Å². The lowest BCUT2D eigenvalue weighted by Gasteiger charge is -2.33. The SMILES string of the molecule is CCN(CC)CCNC(=O)c1cc(NC(=O)Nc2cccc(F)c2)ccc1N1CCC(C)CC1. The molecule has 1 saturated heterocycles. The van der Waals surface area contributed by atoms with Gasteiger partial charge in [-0.05, 0) is 68.2 Å². The summed E-state index contributed by atoms with van der Waals surface area (Å²) in [6.45, 7) is 11.4. The molecule has 1 fully saturated rings. The van der Waals surface area contributed by atoms with Crippen LogP contribution in [0.4, 0.5) is 26.2 Å². The summed E-state index contributed by atoms with van der Waals surface area (Å²) in [6.07, 6.45) is 2.16. The number of nitrogens with one attached hydrogen (secondary N) is 3. The maximum absolute atomic E-state index is 13.4. The van der Waals surface area contributed by atoms with E-state index in [0.717, 1.165) is 51.3 Å². The van der Waals surface area contributed by atoms with Crippen LogP contribution in [0.25, 0.3) is 0 Å². The Hall–Kier alpha value is -3.13. The number of piperidine rings is 1. The summed E-state index contributed by atoms with van der Waals surface area (Å²) in [5.41, 5.74) is 2.27. The molecule has 0 aromatic heterocycles. The zero-order valence-electron chi connectivity index (χ0n) is 20.4. The molecular weight excluding hydrogens is 433 g/mol. The molecule has 2 aromatic rings. The number of likely N-dealkylation sites (N-methyl/N-ethyl adjacent to an activating group) is 1. The van der Waals surface area contributed by atoms with Crippen LogP contribution in [0, 0.1) is 11.7 Å². The molecule has 1 heterocycles. The zero-order valence-corrected chi connectivity index (χ0v) is 20.4. The molecule has 0 bridgehead atoms. The van der Waals surface area contributed by atoms with Gasteiger partial charge in [0.25, 0.3) is 5.91 Å². The fourth-order valence-electron chi connectivity index (χ4n) is 4.14. The number of nitrogens with zero attached hydrogens (tertiary/aromatic N) is 2. The first-order valence-electron chi connectivity index (χ1n) is 12.1. The fraction of sp³-hybridized carbons (Fsp3) is 0.462. The second kappa shape index (κ2) is 12.4. The number of carbonyl (C=O) groups is 2. The molecule has 0 aliphatic carbocycles. The number of urea groups is 1. The smallest absolute Gasteiger partial charge is 0.323 e. The summed E-state index contributed by atoms with van der Waals surface area (Å²) in [7, 11) is 0. The Morgan fingerprint density at radius 1 is 1.03 bits per heavy atom. The summed E-state index contributed by atoms with van der Waals surface area (Å²) < 4.78 is 13.4. The van der Waals surface area contributed by atoms with Crippen molar-refractivity contribution in [1.29, 1.82) is 0 Å². The second-order valence-corrected chi connectivity index (χ2v) is 8.77. The summed E-state index contributed by atoms with van der Waals surface area (Å²) in [5.74, 6) is 0.0895. The van der Waals surface area contributed by atoms with Crippen LogP contribution in [0.5, 0.6) is 0 Å². The van der Waals surface area contributed by atoms with E-state index in [2.05, 4.69) is 46.5 Å². The predicted octanol–water partition coefficient (Wildman–Crippen LogP) is 4.78. The second-order valence-electron chi connectivity index (χ2n) is 8.77. The zero-order chi connectivity index (χ0) is 24.5. The molecule has 0 atom stereocenters. The maximum Gasteiger partial charge on any atom is 0.323 e. The Balaban J connectivity index is 1.74. The quantitative estimate of drug-likeness (QED) is 0.494. The van der Waals surface area contributed by atoms with Gasteiger partial charge in [0.2, 0.25) is 0 Å². The number of hydrogen-bond acceptors (Lipinski definition) is 4. The highest BCUT2D eigenvalue weighted by molar-refractivity contribution is 6.04. The molecule has 0 unspecified atom stereocenters. The van der Waals surface area contributed by atoms with Crippen LogP contribution in [-0.4, -0.2) is 56.1 Å². The molecule has 0 spiro atoms. The van der Waals surface area contributed by atoms with E-state index in [1.54, 1.807) is 18.2 Å². The van der Waals surface area contributed by atoms with Gasteiger partial charge in [0, 0.05) is 43.2 Å². The lowest BCUT2D eigenvalue weighted by atomic mass is 9.98. The highest BCUT2D eigenvalue weighted by Gasteiger charge is 2.22. The van der Waals surface area contributed by atoms with Crippen LogP contribution in [0.15, 0.2) is 42.5 Å². The van der Waals surface area contributed by atoms with Gasteiger partial charge in [0.1, 0.15) is 5.82 Å². The van der Waals surface area contributed by atoms with Gasteiger partial charge in [0.15, 0.2) is 0 Å². The third-order valence-corrected chi connectivity index (χ3v) is 6.31. The normalized spacial score (nSPS) is 14.2. The Bertz CT molecular complexity index is 971. The number of anilines is 3.